The second-order valence-electron chi connectivity index (χ2n) is 5.67. The van der Waals surface area contributed by atoms with Crippen LogP contribution in [0.25, 0.3) is 0 Å². The van der Waals surface area contributed by atoms with Gasteiger partial charge in [0.2, 0.25) is 0 Å². The minimum atomic E-state index is -3.84. The van der Waals surface area contributed by atoms with Crippen molar-refractivity contribution in [2.24, 2.45) is 0 Å². The maximum Gasteiger partial charge on any atom is 0.338 e. The van der Waals surface area contributed by atoms with Gasteiger partial charge in [-0.1, -0.05) is 4.47 Å². The summed E-state index contributed by atoms with van der Waals surface area (Å²) in [5.41, 5.74) is 0.423. The maximum atomic E-state index is 12.9. The highest BCUT2D eigenvalue weighted by molar-refractivity contribution is 7.89. The molecule has 0 aliphatic heterocycles. The van der Waals surface area contributed by atoms with Gasteiger partial charge in [0, 0.05) is 12.7 Å². The Hall–Kier alpha value is -2.82. The van der Waals surface area contributed by atoms with Gasteiger partial charge in [-0.2, -0.15) is 0 Å². The highest BCUT2D eigenvalue weighted by Crippen LogP contribution is 2.16. The van der Waals surface area contributed by atoms with E-state index >= 15 is 0 Å². The van der Waals surface area contributed by atoms with E-state index in [4.69, 9.17) is 4.74 Å². The van der Waals surface area contributed by atoms with E-state index in [2.05, 4.69) is 10.2 Å². The molecular weight excluding hydrogens is 391 g/mol. The number of amides is 1. The molecule has 1 atom stereocenters. The lowest BCUT2D eigenvalue weighted by Crippen LogP contribution is -2.30. The van der Waals surface area contributed by atoms with Crippen molar-refractivity contribution in [1.82, 2.24) is 4.47 Å². The van der Waals surface area contributed by atoms with E-state index in [1.165, 1.54) is 69.6 Å². The number of ether oxygens (including phenoxy) is 1. The van der Waals surface area contributed by atoms with E-state index in [1.54, 1.807) is 0 Å². The normalized spacial score (nSPS) is 12.5. The fourth-order valence-corrected chi connectivity index (χ4v) is 3.04. The molecule has 8 nitrogen and oxygen atoms in total. The number of anilines is 1. The van der Waals surface area contributed by atoms with E-state index in [1.807, 2.05) is 0 Å². The SMILES string of the molecule is CON(C)S(=O)(=O)c1ccc(C(=O)O[C@H](C)C(=O)Nc2ccc(F)cc2)cc1. The van der Waals surface area contributed by atoms with Crippen molar-refractivity contribution in [1.29, 1.82) is 0 Å². The minimum Gasteiger partial charge on any atom is -0.449 e. The van der Waals surface area contributed by atoms with Crippen LogP contribution < -0.4 is 5.32 Å². The highest BCUT2D eigenvalue weighted by Gasteiger charge is 2.22. The fourth-order valence-electron chi connectivity index (χ4n) is 2.07. The molecule has 2 rings (SSSR count). The van der Waals surface area contributed by atoms with Crippen molar-refractivity contribution in [3.63, 3.8) is 0 Å². The zero-order valence-electron chi connectivity index (χ0n) is 15.4. The number of carbonyl (C=O) groups excluding carboxylic acids is 2. The average molecular weight is 410 g/mol. The third-order valence-corrected chi connectivity index (χ3v) is 5.44. The van der Waals surface area contributed by atoms with Crippen LogP contribution in [0.4, 0.5) is 10.1 Å². The summed E-state index contributed by atoms with van der Waals surface area (Å²) in [7, 11) is -1.39. The Kier molecular flexibility index (Phi) is 6.84. The van der Waals surface area contributed by atoms with Gasteiger partial charge >= 0.3 is 5.97 Å². The van der Waals surface area contributed by atoms with Crippen LogP contribution in [-0.4, -0.2) is 45.0 Å². The quantitative estimate of drug-likeness (QED) is 0.555. The van der Waals surface area contributed by atoms with E-state index in [9.17, 15) is 22.4 Å². The van der Waals surface area contributed by atoms with Crippen molar-refractivity contribution in [3.05, 3.63) is 59.9 Å². The second kappa shape index (κ2) is 8.91. The van der Waals surface area contributed by atoms with Crippen LogP contribution in [0.15, 0.2) is 53.4 Å². The second-order valence-corrected chi connectivity index (χ2v) is 7.60. The summed E-state index contributed by atoms with van der Waals surface area (Å²) in [4.78, 5) is 28.8. The van der Waals surface area contributed by atoms with Crippen LogP contribution >= 0.6 is 0 Å². The standard InChI is InChI=1S/C18H19FN2O6S/c1-12(17(22)20-15-8-6-14(19)7-9-15)27-18(23)13-4-10-16(11-5-13)28(24,25)21(2)26-3/h4-12H,1-3H3,(H,20,22)/t12-/m1/s1. The van der Waals surface area contributed by atoms with Gasteiger partial charge in [-0.05, 0) is 55.5 Å². The number of sulfonamides is 1. The Morgan fingerprint density at radius 3 is 2.18 bits per heavy atom. The molecule has 0 unspecified atom stereocenters. The van der Waals surface area contributed by atoms with Gasteiger partial charge < -0.3 is 10.1 Å². The van der Waals surface area contributed by atoms with Crippen LogP contribution in [-0.2, 0) is 24.4 Å². The monoisotopic (exact) mass is 410 g/mol. The molecule has 28 heavy (non-hydrogen) atoms. The molecule has 0 aliphatic carbocycles. The van der Waals surface area contributed by atoms with Gasteiger partial charge in [-0.3, -0.25) is 9.63 Å². The average Bonchev–Trinajstić information content (AvgIpc) is 2.68. The van der Waals surface area contributed by atoms with Crippen LogP contribution in [0.2, 0.25) is 0 Å². The molecule has 10 heteroatoms. The number of carbonyl (C=O) groups is 2. The largest absolute Gasteiger partial charge is 0.449 e. The predicted molar refractivity (Wildman–Crippen MR) is 98.3 cm³/mol. The van der Waals surface area contributed by atoms with E-state index in [0.29, 0.717) is 10.2 Å². The summed E-state index contributed by atoms with van der Waals surface area (Å²) in [6.07, 6.45) is -1.12. The summed E-state index contributed by atoms with van der Waals surface area (Å²) in [6.45, 7) is 1.38. The number of nitrogens with zero attached hydrogens (tertiary/aromatic N) is 1. The van der Waals surface area contributed by atoms with Crippen molar-refractivity contribution in [2.45, 2.75) is 17.9 Å². The number of esters is 1. The zero-order valence-corrected chi connectivity index (χ0v) is 16.2. The zero-order chi connectivity index (χ0) is 20.9. The topological polar surface area (TPSA) is 102 Å². The number of hydrogen-bond donors (Lipinski definition) is 1. The lowest BCUT2D eigenvalue weighted by molar-refractivity contribution is -0.123. The molecule has 0 saturated heterocycles. The molecule has 0 bridgehead atoms. The summed E-state index contributed by atoms with van der Waals surface area (Å²) >= 11 is 0. The summed E-state index contributed by atoms with van der Waals surface area (Å²) in [5, 5.41) is 2.49. The van der Waals surface area contributed by atoms with Gasteiger partial charge in [-0.15, -0.1) is 0 Å². The molecule has 1 amide bonds. The molecular formula is C18H19FN2O6S. The third kappa shape index (κ3) is 5.12. The van der Waals surface area contributed by atoms with Gasteiger partial charge in [-0.25, -0.2) is 17.6 Å². The molecule has 0 aromatic heterocycles. The lowest BCUT2D eigenvalue weighted by Gasteiger charge is -2.15. The predicted octanol–water partition coefficient (Wildman–Crippen LogP) is 2.19. The third-order valence-electron chi connectivity index (χ3n) is 3.75. The molecule has 0 radical (unpaired) electrons. The van der Waals surface area contributed by atoms with Gasteiger partial charge in [0.05, 0.1) is 17.6 Å². The van der Waals surface area contributed by atoms with Crippen LogP contribution in [0, 0.1) is 5.82 Å². The van der Waals surface area contributed by atoms with Crippen LogP contribution in [0.3, 0.4) is 0 Å². The first-order valence-electron chi connectivity index (χ1n) is 8.05. The highest BCUT2D eigenvalue weighted by atomic mass is 32.2. The van der Waals surface area contributed by atoms with Crippen LogP contribution in [0.1, 0.15) is 17.3 Å². The van der Waals surface area contributed by atoms with Crippen molar-refractivity contribution in [3.8, 4) is 0 Å². The Labute approximate surface area is 161 Å². The van der Waals surface area contributed by atoms with Crippen molar-refractivity contribution in [2.75, 3.05) is 19.5 Å². The molecule has 150 valence electrons. The number of benzene rings is 2. The number of halogens is 1. The molecule has 1 N–H and O–H groups in total. The Morgan fingerprint density at radius 2 is 1.64 bits per heavy atom. The number of rotatable bonds is 7. The first-order chi connectivity index (χ1) is 13.1. The van der Waals surface area contributed by atoms with Gasteiger partial charge in [0.1, 0.15) is 5.82 Å². The minimum absolute atomic E-state index is 0.0699. The first kappa shape index (κ1) is 21.5. The Balaban J connectivity index is 2.01. The number of hydrogen-bond acceptors (Lipinski definition) is 6. The molecule has 0 spiro atoms. The Bertz CT molecular complexity index is 945. The van der Waals surface area contributed by atoms with E-state index in [-0.39, 0.29) is 10.5 Å². The van der Waals surface area contributed by atoms with Crippen molar-refractivity contribution < 1.29 is 32.0 Å². The molecule has 0 saturated carbocycles. The number of nitrogens with one attached hydrogen (secondary N) is 1. The van der Waals surface area contributed by atoms with Gasteiger partial charge in [0.25, 0.3) is 15.9 Å². The van der Waals surface area contributed by atoms with E-state index in [0.717, 1.165) is 0 Å². The van der Waals surface area contributed by atoms with Crippen molar-refractivity contribution >= 4 is 27.6 Å². The first-order valence-corrected chi connectivity index (χ1v) is 9.49. The molecule has 0 aliphatic rings. The number of hydroxylamine groups is 1. The maximum absolute atomic E-state index is 12.9. The van der Waals surface area contributed by atoms with Crippen LogP contribution in [0.5, 0.6) is 0 Å². The summed E-state index contributed by atoms with van der Waals surface area (Å²) in [6, 6.07) is 10.1. The van der Waals surface area contributed by atoms with E-state index < -0.39 is 33.8 Å². The molecule has 2 aromatic rings. The molecule has 0 fully saturated rings. The van der Waals surface area contributed by atoms with Gasteiger partial charge in [0.15, 0.2) is 6.10 Å². The molecule has 2 aromatic carbocycles. The Morgan fingerprint density at radius 1 is 1.07 bits per heavy atom. The summed E-state index contributed by atoms with van der Waals surface area (Å²) in [5.74, 6) is -1.84. The molecule has 0 heterocycles. The fraction of sp³-hybridized carbons (Fsp3) is 0.222. The summed E-state index contributed by atoms with van der Waals surface area (Å²) < 4.78 is 42.9. The smallest absolute Gasteiger partial charge is 0.338 e. The lowest BCUT2D eigenvalue weighted by atomic mass is 10.2.